The SMILES string of the molecule is COc1ccc(CC(=O)NC[C@H](O)C(=O)O)cc1OC. The number of carbonyl (C=O) groups is 2. The summed E-state index contributed by atoms with van der Waals surface area (Å²) in [7, 11) is 3.00. The predicted octanol–water partition coefficient (Wildman–Crippen LogP) is -0.192. The van der Waals surface area contributed by atoms with Crippen molar-refractivity contribution in [3.8, 4) is 11.5 Å². The molecule has 0 saturated heterocycles. The summed E-state index contributed by atoms with van der Waals surface area (Å²) in [5.74, 6) is -0.713. The molecule has 0 aromatic heterocycles. The van der Waals surface area contributed by atoms with E-state index in [0.29, 0.717) is 17.1 Å². The molecule has 1 aromatic rings. The standard InChI is InChI=1S/C13H17NO6/c1-19-10-4-3-8(5-11(10)20-2)6-12(16)14-7-9(15)13(17)18/h3-5,9,15H,6-7H2,1-2H3,(H,14,16)(H,17,18)/t9-/m0/s1. The maximum atomic E-state index is 11.6. The molecule has 0 aliphatic carbocycles. The zero-order valence-corrected chi connectivity index (χ0v) is 11.3. The minimum atomic E-state index is -1.61. The highest BCUT2D eigenvalue weighted by Gasteiger charge is 2.14. The first-order valence-corrected chi connectivity index (χ1v) is 5.86. The molecule has 0 aliphatic rings. The first kappa shape index (κ1) is 15.8. The smallest absolute Gasteiger partial charge is 0.334 e. The molecule has 20 heavy (non-hydrogen) atoms. The zero-order valence-electron chi connectivity index (χ0n) is 11.3. The number of carboxylic acids is 1. The van der Waals surface area contributed by atoms with Crippen LogP contribution < -0.4 is 14.8 Å². The third-order valence-electron chi connectivity index (χ3n) is 2.59. The summed E-state index contributed by atoms with van der Waals surface area (Å²) in [6.07, 6.45) is -1.56. The zero-order chi connectivity index (χ0) is 15.1. The van der Waals surface area contributed by atoms with E-state index in [1.54, 1.807) is 18.2 Å². The van der Waals surface area contributed by atoms with Crippen LogP contribution in [0.25, 0.3) is 0 Å². The molecule has 0 bridgehead atoms. The lowest BCUT2D eigenvalue weighted by Crippen LogP contribution is -2.37. The number of aliphatic hydroxyl groups is 1. The molecule has 7 heteroatoms. The molecule has 0 heterocycles. The summed E-state index contributed by atoms with van der Waals surface area (Å²) in [4.78, 5) is 22.0. The third kappa shape index (κ3) is 4.43. The number of aliphatic carboxylic acids is 1. The molecular formula is C13H17NO6. The van der Waals surface area contributed by atoms with Crippen molar-refractivity contribution >= 4 is 11.9 Å². The van der Waals surface area contributed by atoms with Gasteiger partial charge in [0.2, 0.25) is 5.91 Å². The van der Waals surface area contributed by atoms with Crippen LogP contribution >= 0.6 is 0 Å². The minimum Gasteiger partial charge on any atom is -0.493 e. The van der Waals surface area contributed by atoms with Crippen LogP contribution in [-0.2, 0) is 16.0 Å². The third-order valence-corrected chi connectivity index (χ3v) is 2.59. The highest BCUT2D eigenvalue weighted by atomic mass is 16.5. The van der Waals surface area contributed by atoms with Crippen molar-refractivity contribution in [1.29, 1.82) is 0 Å². The Kier molecular flexibility index (Phi) is 5.79. The fourth-order valence-electron chi connectivity index (χ4n) is 1.54. The summed E-state index contributed by atoms with van der Waals surface area (Å²) in [5.41, 5.74) is 0.685. The van der Waals surface area contributed by atoms with Gasteiger partial charge in [-0.3, -0.25) is 4.79 Å². The number of methoxy groups -OCH3 is 2. The van der Waals surface area contributed by atoms with Crippen LogP contribution in [0.1, 0.15) is 5.56 Å². The van der Waals surface area contributed by atoms with Gasteiger partial charge in [0.15, 0.2) is 17.6 Å². The number of rotatable bonds is 7. The second kappa shape index (κ2) is 7.34. The van der Waals surface area contributed by atoms with Crippen molar-refractivity contribution in [2.24, 2.45) is 0 Å². The quantitative estimate of drug-likeness (QED) is 0.640. The molecule has 0 fully saturated rings. The Morgan fingerprint density at radius 3 is 2.45 bits per heavy atom. The number of hydrogen-bond donors (Lipinski definition) is 3. The van der Waals surface area contributed by atoms with E-state index in [4.69, 9.17) is 19.7 Å². The predicted molar refractivity (Wildman–Crippen MR) is 69.9 cm³/mol. The lowest BCUT2D eigenvalue weighted by molar-refractivity contribution is -0.146. The second-order valence-electron chi connectivity index (χ2n) is 4.02. The Morgan fingerprint density at radius 1 is 1.25 bits per heavy atom. The number of ether oxygens (including phenoxy) is 2. The molecule has 0 saturated carbocycles. The van der Waals surface area contributed by atoms with Crippen LogP contribution in [0.4, 0.5) is 0 Å². The van der Waals surface area contributed by atoms with Gasteiger partial charge >= 0.3 is 5.97 Å². The lowest BCUT2D eigenvalue weighted by Gasteiger charge is -2.10. The van der Waals surface area contributed by atoms with Gasteiger partial charge in [0.25, 0.3) is 0 Å². The normalized spacial score (nSPS) is 11.6. The fraction of sp³-hybridized carbons (Fsp3) is 0.385. The summed E-state index contributed by atoms with van der Waals surface area (Å²) >= 11 is 0. The molecule has 1 amide bonds. The first-order valence-electron chi connectivity index (χ1n) is 5.86. The monoisotopic (exact) mass is 283 g/mol. The van der Waals surface area contributed by atoms with Crippen molar-refractivity contribution in [2.45, 2.75) is 12.5 Å². The van der Waals surface area contributed by atoms with Crippen LogP contribution in [0.2, 0.25) is 0 Å². The average Bonchev–Trinajstić information content (AvgIpc) is 2.44. The van der Waals surface area contributed by atoms with E-state index in [0.717, 1.165) is 0 Å². The number of nitrogens with one attached hydrogen (secondary N) is 1. The Labute approximate surface area is 116 Å². The van der Waals surface area contributed by atoms with Crippen molar-refractivity contribution in [3.05, 3.63) is 23.8 Å². The van der Waals surface area contributed by atoms with Gasteiger partial charge in [0, 0.05) is 0 Å². The molecule has 0 aliphatic heterocycles. The van der Waals surface area contributed by atoms with Crippen molar-refractivity contribution in [1.82, 2.24) is 5.32 Å². The first-order chi connectivity index (χ1) is 9.47. The molecule has 110 valence electrons. The van der Waals surface area contributed by atoms with Gasteiger partial charge in [0.05, 0.1) is 27.2 Å². The van der Waals surface area contributed by atoms with Gasteiger partial charge in [-0.15, -0.1) is 0 Å². The van der Waals surface area contributed by atoms with Gasteiger partial charge in [-0.25, -0.2) is 4.79 Å². The number of carbonyl (C=O) groups excluding carboxylic acids is 1. The Hall–Kier alpha value is -2.28. The Bertz CT molecular complexity index is 488. The molecule has 1 rings (SSSR count). The van der Waals surface area contributed by atoms with Gasteiger partial charge in [-0.05, 0) is 17.7 Å². The molecule has 1 atom stereocenters. The largest absolute Gasteiger partial charge is 0.493 e. The van der Waals surface area contributed by atoms with Gasteiger partial charge in [0.1, 0.15) is 0 Å². The number of carboxylic acid groups (broad SMARTS) is 1. The average molecular weight is 283 g/mol. The summed E-state index contributed by atoms with van der Waals surface area (Å²) in [6.45, 7) is -0.332. The van der Waals surface area contributed by atoms with Gasteiger partial charge in [-0.1, -0.05) is 6.07 Å². The maximum absolute atomic E-state index is 11.6. The van der Waals surface area contributed by atoms with Crippen LogP contribution in [0.3, 0.4) is 0 Å². The van der Waals surface area contributed by atoms with Gasteiger partial charge < -0.3 is 25.0 Å². The summed E-state index contributed by atoms with van der Waals surface area (Å²) < 4.78 is 10.2. The second-order valence-corrected chi connectivity index (χ2v) is 4.02. The van der Waals surface area contributed by atoms with E-state index in [1.807, 2.05) is 0 Å². The lowest BCUT2D eigenvalue weighted by atomic mass is 10.1. The Morgan fingerprint density at radius 2 is 1.90 bits per heavy atom. The van der Waals surface area contributed by atoms with Crippen molar-refractivity contribution in [2.75, 3.05) is 20.8 Å². The Balaban J connectivity index is 2.60. The van der Waals surface area contributed by atoms with E-state index < -0.39 is 18.0 Å². The molecular weight excluding hydrogens is 266 g/mol. The fourth-order valence-corrected chi connectivity index (χ4v) is 1.54. The van der Waals surface area contributed by atoms with E-state index in [1.165, 1.54) is 14.2 Å². The maximum Gasteiger partial charge on any atom is 0.334 e. The molecule has 0 unspecified atom stereocenters. The van der Waals surface area contributed by atoms with Crippen molar-refractivity contribution in [3.63, 3.8) is 0 Å². The van der Waals surface area contributed by atoms with E-state index in [-0.39, 0.29) is 13.0 Å². The number of benzene rings is 1. The van der Waals surface area contributed by atoms with E-state index in [9.17, 15) is 9.59 Å². The molecule has 7 nitrogen and oxygen atoms in total. The van der Waals surface area contributed by atoms with Crippen LogP contribution in [0, 0.1) is 0 Å². The molecule has 0 radical (unpaired) electrons. The molecule has 0 spiro atoms. The summed E-state index contributed by atoms with van der Waals surface area (Å²) in [6, 6.07) is 5.04. The topological polar surface area (TPSA) is 105 Å². The van der Waals surface area contributed by atoms with Crippen LogP contribution in [0.15, 0.2) is 18.2 Å². The number of aliphatic hydroxyl groups excluding tert-OH is 1. The number of amides is 1. The van der Waals surface area contributed by atoms with Gasteiger partial charge in [-0.2, -0.15) is 0 Å². The summed E-state index contributed by atoms with van der Waals surface area (Å²) in [5, 5.41) is 19.9. The van der Waals surface area contributed by atoms with Crippen LogP contribution in [0.5, 0.6) is 11.5 Å². The highest BCUT2D eigenvalue weighted by molar-refractivity contribution is 5.80. The highest BCUT2D eigenvalue weighted by Crippen LogP contribution is 2.27. The van der Waals surface area contributed by atoms with E-state index in [2.05, 4.69) is 5.32 Å². The van der Waals surface area contributed by atoms with E-state index >= 15 is 0 Å². The number of hydrogen-bond acceptors (Lipinski definition) is 5. The van der Waals surface area contributed by atoms with Crippen LogP contribution in [-0.4, -0.2) is 49.0 Å². The minimum absolute atomic E-state index is 0.0483. The molecule has 3 N–H and O–H groups in total. The molecule has 1 aromatic carbocycles. The van der Waals surface area contributed by atoms with Crippen molar-refractivity contribution < 1.29 is 29.3 Å².